The summed E-state index contributed by atoms with van der Waals surface area (Å²) in [5.41, 5.74) is 1.76. The van der Waals surface area contributed by atoms with Crippen molar-refractivity contribution in [2.75, 3.05) is 19.8 Å². The first-order valence-corrected chi connectivity index (χ1v) is 7.34. The molecule has 1 N–H and O–H groups in total. The van der Waals surface area contributed by atoms with Gasteiger partial charge in [0.25, 0.3) is 0 Å². The first kappa shape index (κ1) is 14.1. The van der Waals surface area contributed by atoms with E-state index in [0.29, 0.717) is 19.8 Å². The van der Waals surface area contributed by atoms with E-state index in [1.54, 1.807) is 4.90 Å². The highest BCUT2D eigenvalue weighted by Crippen LogP contribution is 2.30. The second kappa shape index (κ2) is 5.85. The molecule has 2 aliphatic heterocycles. The second-order valence-electron chi connectivity index (χ2n) is 5.72. The van der Waals surface area contributed by atoms with Crippen molar-refractivity contribution in [2.45, 2.75) is 25.3 Å². The summed E-state index contributed by atoms with van der Waals surface area (Å²) in [6.45, 7) is 1.91. The van der Waals surface area contributed by atoms with Crippen LogP contribution in [0.2, 0.25) is 0 Å². The number of carboxylic acid groups (broad SMARTS) is 1. The van der Waals surface area contributed by atoms with E-state index < -0.39 is 11.9 Å². The second-order valence-corrected chi connectivity index (χ2v) is 5.72. The van der Waals surface area contributed by atoms with Gasteiger partial charge in [-0.25, -0.2) is 0 Å². The number of hydrogen-bond acceptors (Lipinski definition) is 3. The summed E-state index contributed by atoms with van der Waals surface area (Å²) >= 11 is 0. The molecule has 112 valence electrons. The summed E-state index contributed by atoms with van der Waals surface area (Å²) in [5.74, 6) is -1.61. The van der Waals surface area contributed by atoms with Gasteiger partial charge in [0.2, 0.25) is 5.91 Å². The maximum Gasteiger partial charge on any atom is 0.312 e. The Morgan fingerprint density at radius 3 is 2.81 bits per heavy atom. The van der Waals surface area contributed by atoms with E-state index in [2.05, 4.69) is 0 Å². The van der Waals surface area contributed by atoms with Crippen molar-refractivity contribution in [1.29, 1.82) is 0 Å². The van der Waals surface area contributed by atoms with Crippen LogP contribution >= 0.6 is 0 Å². The Kier molecular flexibility index (Phi) is 3.92. The number of carboxylic acids is 1. The molecule has 5 nitrogen and oxygen atoms in total. The Morgan fingerprint density at radius 2 is 2.10 bits per heavy atom. The van der Waals surface area contributed by atoms with Gasteiger partial charge in [0.05, 0.1) is 18.4 Å². The summed E-state index contributed by atoms with van der Waals surface area (Å²) in [5, 5.41) is 9.43. The van der Waals surface area contributed by atoms with Gasteiger partial charge in [0, 0.05) is 19.7 Å². The predicted octanol–water partition coefficient (Wildman–Crippen LogP) is 1.62. The monoisotopic (exact) mass is 289 g/mol. The van der Waals surface area contributed by atoms with E-state index in [-0.39, 0.29) is 18.4 Å². The zero-order valence-corrected chi connectivity index (χ0v) is 11.8. The molecule has 1 fully saturated rings. The predicted molar refractivity (Wildman–Crippen MR) is 75.8 cm³/mol. The molecule has 2 atom stereocenters. The Hall–Kier alpha value is -1.88. The lowest BCUT2D eigenvalue weighted by Crippen LogP contribution is -2.45. The summed E-state index contributed by atoms with van der Waals surface area (Å²) in [4.78, 5) is 25.8. The molecular weight excluding hydrogens is 270 g/mol. The molecule has 1 aromatic carbocycles. The average molecular weight is 289 g/mol. The molecule has 0 aromatic heterocycles. The largest absolute Gasteiger partial charge is 0.481 e. The summed E-state index contributed by atoms with van der Waals surface area (Å²) in [7, 11) is 0. The first-order valence-electron chi connectivity index (χ1n) is 7.34. The molecular formula is C16H19NO4. The van der Waals surface area contributed by atoms with Crippen LogP contribution in [-0.4, -0.2) is 41.6 Å². The normalized spacial score (nSPS) is 25.2. The molecule has 0 radical (unpaired) electrons. The lowest BCUT2D eigenvalue weighted by Gasteiger charge is -2.35. The SMILES string of the molecule is O=C(O)C1CN(C(=O)C2CCCOC2)Cc2ccccc21. The number of carbonyl (C=O) groups excluding carboxylic acids is 1. The quantitative estimate of drug-likeness (QED) is 0.898. The van der Waals surface area contributed by atoms with Crippen LogP contribution in [0.5, 0.6) is 0 Å². The number of amides is 1. The van der Waals surface area contributed by atoms with Crippen molar-refractivity contribution >= 4 is 11.9 Å². The van der Waals surface area contributed by atoms with E-state index in [4.69, 9.17) is 4.74 Å². The molecule has 0 spiro atoms. The van der Waals surface area contributed by atoms with Crippen LogP contribution in [0.25, 0.3) is 0 Å². The highest BCUT2D eigenvalue weighted by molar-refractivity contribution is 5.83. The number of hydrogen-bond donors (Lipinski definition) is 1. The van der Waals surface area contributed by atoms with Crippen LogP contribution in [0.3, 0.4) is 0 Å². The van der Waals surface area contributed by atoms with Crippen LogP contribution in [0, 0.1) is 5.92 Å². The Balaban J connectivity index is 1.82. The number of carbonyl (C=O) groups is 2. The van der Waals surface area contributed by atoms with Crippen molar-refractivity contribution in [3.8, 4) is 0 Å². The molecule has 0 bridgehead atoms. The molecule has 1 amide bonds. The molecule has 5 heteroatoms. The van der Waals surface area contributed by atoms with Gasteiger partial charge in [-0.3, -0.25) is 9.59 Å². The number of ether oxygens (including phenoxy) is 1. The fraction of sp³-hybridized carbons (Fsp3) is 0.500. The summed E-state index contributed by atoms with van der Waals surface area (Å²) < 4.78 is 5.37. The molecule has 21 heavy (non-hydrogen) atoms. The zero-order chi connectivity index (χ0) is 14.8. The maximum absolute atomic E-state index is 12.6. The van der Waals surface area contributed by atoms with Crippen LogP contribution in [0.1, 0.15) is 29.9 Å². The van der Waals surface area contributed by atoms with Crippen LogP contribution in [0.15, 0.2) is 24.3 Å². The molecule has 1 saturated heterocycles. The van der Waals surface area contributed by atoms with Crippen molar-refractivity contribution in [2.24, 2.45) is 5.92 Å². The third kappa shape index (κ3) is 2.78. The fourth-order valence-corrected chi connectivity index (χ4v) is 3.18. The molecule has 0 saturated carbocycles. The third-order valence-corrected chi connectivity index (χ3v) is 4.31. The minimum atomic E-state index is -0.875. The van der Waals surface area contributed by atoms with Crippen LogP contribution in [0.4, 0.5) is 0 Å². The topological polar surface area (TPSA) is 66.8 Å². The van der Waals surface area contributed by atoms with Gasteiger partial charge in [0.15, 0.2) is 0 Å². The van der Waals surface area contributed by atoms with Gasteiger partial charge in [-0.05, 0) is 24.0 Å². The van der Waals surface area contributed by atoms with E-state index >= 15 is 0 Å². The van der Waals surface area contributed by atoms with Crippen LogP contribution < -0.4 is 0 Å². The van der Waals surface area contributed by atoms with Gasteiger partial charge < -0.3 is 14.7 Å². The first-order chi connectivity index (χ1) is 10.2. The maximum atomic E-state index is 12.6. The van der Waals surface area contributed by atoms with Crippen LogP contribution in [-0.2, 0) is 20.9 Å². The molecule has 0 aliphatic carbocycles. The third-order valence-electron chi connectivity index (χ3n) is 4.31. The molecule has 2 unspecified atom stereocenters. The van der Waals surface area contributed by atoms with E-state index in [1.807, 2.05) is 24.3 Å². The van der Waals surface area contributed by atoms with E-state index in [1.165, 1.54) is 0 Å². The number of fused-ring (bicyclic) bond motifs is 1. The number of benzene rings is 1. The number of nitrogens with zero attached hydrogens (tertiary/aromatic N) is 1. The van der Waals surface area contributed by atoms with Gasteiger partial charge in [-0.2, -0.15) is 0 Å². The lowest BCUT2D eigenvalue weighted by atomic mass is 9.88. The van der Waals surface area contributed by atoms with Gasteiger partial charge in [0.1, 0.15) is 0 Å². The van der Waals surface area contributed by atoms with Gasteiger partial charge in [-0.15, -0.1) is 0 Å². The zero-order valence-electron chi connectivity index (χ0n) is 11.8. The minimum absolute atomic E-state index is 0.0236. The molecule has 3 rings (SSSR count). The molecule has 1 aromatic rings. The standard InChI is InChI=1S/C16H19NO4/c18-15(12-5-3-7-21-10-12)17-8-11-4-1-2-6-13(11)14(9-17)16(19)20/h1-2,4,6,12,14H,3,5,7-10H2,(H,19,20). The Morgan fingerprint density at radius 1 is 1.29 bits per heavy atom. The van der Waals surface area contributed by atoms with Gasteiger partial charge in [-0.1, -0.05) is 24.3 Å². The Labute approximate surface area is 123 Å². The van der Waals surface area contributed by atoms with Crippen molar-refractivity contribution in [1.82, 2.24) is 4.90 Å². The molecule has 2 aliphatic rings. The highest BCUT2D eigenvalue weighted by Gasteiger charge is 2.35. The summed E-state index contributed by atoms with van der Waals surface area (Å²) in [6.07, 6.45) is 1.72. The highest BCUT2D eigenvalue weighted by atomic mass is 16.5. The number of rotatable bonds is 2. The Bertz CT molecular complexity index is 551. The number of aliphatic carboxylic acids is 1. The smallest absolute Gasteiger partial charge is 0.312 e. The average Bonchev–Trinajstić information content (AvgIpc) is 2.53. The van der Waals surface area contributed by atoms with Crippen molar-refractivity contribution in [3.63, 3.8) is 0 Å². The lowest BCUT2D eigenvalue weighted by molar-refractivity contribution is -0.144. The van der Waals surface area contributed by atoms with E-state index in [9.17, 15) is 14.7 Å². The summed E-state index contributed by atoms with van der Waals surface area (Å²) in [6, 6.07) is 7.48. The van der Waals surface area contributed by atoms with Gasteiger partial charge >= 0.3 is 5.97 Å². The molecule has 2 heterocycles. The van der Waals surface area contributed by atoms with E-state index in [0.717, 1.165) is 24.0 Å². The minimum Gasteiger partial charge on any atom is -0.481 e. The van der Waals surface area contributed by atoms with Crippen molar-refractivity contribution < 1.29 is 19.4 Å². The van der Waals surface area contributed by atoms with Crippen molar-refractivity contribution in [3.05, 3.63) is 35.4 Å². The fourth-order valence-electron chi connectivity index (χ4n) is 3.18.